The number of benzene rings is 1. The van der Waals surface area contributed by atoms with Crippen LogP contribution in [0.4, 0.5) is 5.69 Å². The van der Waals surface area contributed by atoms with Crippen molar-refractivity contribution in [3.05, 3.63) is 59.9 Å². The Morgan fingerprint density at radius 2 is 1.73 bits per heavy atom. The Labute approximate surface area is 155 Å². The van der Waals surface area contributed by atoms with E-state index in [0.717, 1.165) is 21.7 Å². The molecule has 2 aromatic rings. The van der Waals surface area contributed by atoms with E-state index in [2.05, 4.69) is 10.3 Å². The zero-order chi connectivity index (χ0) is 19.4. The summed E-state index contributed by atoms with van der Waals surface area (Å²) in [5.41, 5.74) is 2.04. The van der Waals surface area contributed by atoms with Crippen LogP contribution in [0, 0.1) is 0 Å². The predicted octanol–water partition coefficient (Wildman–Crippen LogP) is 2.46. The summed E-state index contributed by atoms with van der Waals surface area (Å²) in [5.74, 6) is -0.365. The van der Waals surface area contributed by atoms with E-state index in [1.807, 2.05) is 32.9 Å². The zero-order valence-electron chi connectivity index (χ0n) is 15.6. The molecule has 0 spiro atoms. The third-order valence-corrected chi connectivity index (χ3v) is 5.03. The molecule has 1 aromatic carbocycles. The molecular formula is C19H25N3O3S. The number of nitrogens with one attached hydrogen (secondary N) is 1. The molecule has 0 aliphatic heterocycles. The molecule has 0 saturated heterocycles. The molecule has 0 atom stereocenters. The lowest BCUT2D eigenvalue weighted by atomic mass is 9.86. The van der Waals surface area contributed by atoms with Gasteiger partial charge in [0.15, 0.2) is 0 Å². The minimum Gasteiger partial charge on any atom is -0.350 e. The Morgan fingerprint density at radius 3 is 2.31 bits per heavy atom. The van der Waals surface area contributed by atoms with Gasteiger partial charge in [0.25, 0.3) is 0 Å². The molecule has 1 amide bonds. The summed E-state index contributed by atoms with van der Waals surface area (Å²) in [7, 11) is -3.62. The number of pyridine rings is 1. The summed E-state index contributed by atoms with van der Waals surface area (Å²) < 4.78 is 25.9. The van der Waals surface area contributed by atoms with Gasteiger partial charge in [0, 0.05) is 18.9 Å². The largest absolute Gasteiger partial charge is 0.350 e. The topological polar surface area (TPSA) is 79.4 Å². The van der Waals surface area contributed by atoms with Gasteiger partial charge in [0.2, 0.25) is 15.9 Å². The van der Waals surface area contributed by atoms with Crippen LogP contribution in [0.15, 0.2) is 48.8 Å². The molecule has 0 unspecified atom stereocenters. The smallest absolute Gasteiger partial charge is 0.241 e. The first-order chi connectivity index (χ1) is 12.1. The van der Waals surface area contributed by atoms with Crippen LogP contribution < -0.4 is 9.62 Å². The highest BCUT2D eigenvalue weighted by molar-refractivity contribution is 7.92. The van der Waals surface area contributed by atoms with E-state index in [1.165, 1.54) is 0 Å². The van der Waals surface area contributed by atoms with Gasteiger partial charge in [-0.1, -0.05) is 39.0 Å². The number of sulfonamides is 1. The third-order valence-electron chi connectivity index (χ3n) is 3.91. The molecule has 1 N–H and O–H groups in total. The number of anilines is 1. The Kier molecular flexibility index (Phi) is 6.02. The van der Waals surface area contributed by atoms with Gasteiger partial charge >= 0.3 is 0 Å². The highest BCUT2D eigenvalue weighted by atomic mass is 32.2. The van der Waals surface area contributed by atoms with Crippen molar-refractivity contribution in [2.24, 2.45) is 0 Å². The van der Waals surface area contributed by atoms with Gasteiger partial charge < -0.3 is 5.32 Å². The fourth-order valence-corrected chi connectivity index (χ4v) is 3.46. The second kappa shape index (κ2) is 7.86. The molecule has 0 aliphatic carbocycles. The minimum atomic E-state index is -3.62. The lowest BCUT2D eigenvalue weighted by Crippen LogP contribution is -2.41. The summed E-state index contributed by atoms with van der Waals surface area (Å²) in [6, 6.07) is 10.9. The van der Waals surface area contributed by atoms with Crippen LogP contribution in [0.25, 0.3) is 0 Å². The van der Waals surface area contributed by atoms with Crippen molar-refractivity contribution >= 4 is 21.6 Å². The number of rotatable bonds is 6. The average Bonchev–Trinajstić information content (AvgIpc) is 2.57. The molecule has 1 heterocycles. The van der Waals surface area contributed by atoms with Crippen LogP contribution in [0.2, 0.25) is 0 Å². The number of carbonyl (C=O) groups is 1. The van der Waals surface area contributed by atoms with Gasteiger partial charge in [0.05, 0.1) is 11.9 Å². The van der Waals surface area contributed by atoms with E-state index in [-0.39, 0.29) is 17.9 Å². The van der Waals surface area contributed by atoms with Crippen molar-refractivity contribution in [1.82, 2.24) is 10.3 Å². The van der Waals surface area contributed by atoms with Gasteiger partial charge in [-0.15, -0.1) is 0 Å². The van der Waals surface area contributed by atoms with Crippen molar-refractivity contribution in [3.63, 3.8) is 0 Å². The SMILES string of the molecule is CC(C)(C)c1ccccc1N(CC(=O)NCc1ccncc1)S(C)(=O)=O. The normalized spacial score (nSPS) is 11.8. The highest BCUT2D eigenvalue weighted by Gasteiger charge is 2.27. The number of carbonyl (C=O) groups excluding carboxylic acids is 1. The average molecular weight is 375 g/mol. The van der Waals surface area contributed by atoms with Crippen LogP contribution in [-0.2, 0) is 26.8 Å². The van der Waals surface area contributed by atoms with Gasteiger partial charge in [-0.3, -0.25) is 14.1 Å². The van der Waals surface area contributed by atoms with Crippen molar-refractivity contribution in [1.29, 1.82) is 0 Å². The third kappa shape index (κ3) is 5.29. The molecule has 140 valence electrons. The standard InChI is InChI=1S/C19H25N3O3S/c1-19(2,3)16-7-5-6-8-17(16)22(26(4,24)25)14-18(23)21-13-15-9-11-20-12-10-15/h5-12H,13-14H2,1-4H3,(H,21,23). The highest BCUT2D eigenvalue weighted by Crippen LogP contribution is 2.32. The first-order valence-electron chi connectivity index (χ1n) is 8.32. The van der Waals surface area contributed by atoms with E-state index in [4.69, 9.17) is 0 Å². The lowest BCUT2D eigenvalue weighted by molar-refractivity contribution is -0.119. The maximum absolute atomic E-state index is 12.4. The molecule has 0 radical (unpaired) electrons. The molecule has 0 saturated carbocycles. The Hall–Kier alpha value is -2.41. The number of hydrogen-bond acceptors (Lipinski definition) is 4. The molecule has 0 fully saturated rings. The fourth-order valence-electron chi connectivity index (χ4n) is 2.59. The quantitative estimate of drug-likeness (QED) is 0.841. The first-order valence-corrected chi connectivity index (χ1v) is 10.2. The van der Waals surface area contributed by atoms with E-state index < -0.39 is 10.0 Å². The van der Waals surface area contributed by atoms with Crippen molar-refractivity contribution in [2.45, 2.75) is 32.7 Å². The zero-order valence-corrected chi connectivity index (χ0v) is 16.4. The molecule has 26 heavy (non-hydrogen) atoms. The molecular weight excluding hydrogens is 350 g/mol. The summed E-state index contributed by atoms with van der Waals surface area (Å²) in [5, 5.41) is 2.76. The van der Waals surface area contributed by atoms with E-state index >= 15 is 0 Å². The second-order valence-corrected chi connectivity index (χ2v) is 9.08. The Bertz CT molecular complexity index is 859. The molecule has 6 nitrogen and oxygen atoms in total. The molecule has 1 aromatic heterocycles. The van der Waals surface area contributed by atoms with Crippen LogP contribution in [0.3, 0.4) is 0 Å². The molecule has 7 heteroatoms. The summed E-state index contributed by atoms with van der Waals surface area (Å²) in [6.45, 7) is 6.08. The van der Waals surface area contributed by atoms with Crippen LogP contribution >= 0.6 is 0 Å². The van der Waals surface area contributed by atoms with Crippen LogP contribution in [-0.4, -0.2) is 32.1 Å². The Balaban J connectivity index is 2.23. The summed E-state index contributed by atoms with van der Waals surface area (Å²) in [4.78, 5) is 16.3. The number of hydrogen-bond donors (Lipinski definition) is 1. The lowest BCUT2D eigenvalue weighted by Gasteiger charge is -2.29. The van der Waals surface area contributed by atoms with Gasteiger partial charge in [0.1, 0.15) is 6.54 Å². The number of para-hydroxylation sites is 1. The molecule has 0 bridgehead atoms. The van der Waals surface area contributed by atoms with Gasteiger partial charge in [-0.2, -0.15) is 0 Å². The summed E-state index contributed by atoms with van der Waals surface area (Å²) >= 11 is 0. The molecule has 2 rings (SSSR count). The van der Waals surface area contributed by atoms with Crippen LogP contribution in [0.5, 0.6) is 0 Å². The van der Waals surface area contributed by atoms with Crippen molar-refractivity contribution < 1.29 is 13.2 Å². The Morgan fingerprint density at radius 1 is 1.12 bits per heavy atom. The van der Waals surface area contributed by atoms with E-state index in [1.54, 1.807) is 36.7 Å². The van der Waals surface area contributed by atoms with E-state index in [0.29, 0.717) is 12.2 Å². The number of amides is 1. The van der Waals surface area contributed by atoms with Gasteiger partial charge in [-0.25, -0.2) is 8.42 Å². The minimum absolute atomic E-state index is 0.257. The molecule has 0 aliphatic rings. The second-order valence-electron chi connectivity index (χ2n) is 7.17. The first kappa shape index (κ1) is 19.9. The monoisotopic (exact) mass is 375 g/mol. The summed E-state index contributed by atoms with van der Waals surface area (Å²) in [6.07, 6.45) is 4.40. The van der Waals surface area contributed by atoms with Crippen molar-refractivity contribution in [3.8, 4) is 0 Å². The fraction of sp³-hybridized carbons (Fsp3) is 0.368. The van der Waals surface area contributed by atoms with Crippen LogP contribution in [0.1, 0.15) is 31.9 Å². The van der Waals surface area contributed by atoms with Gasteiger partial charge in [-0.05, 0) is 34.7 Å². The van der Waals surface area contributed by atoms with E-state index in [9.17, 15) is 13.2 Å². The maximum Gasteiger partial charge on any atom is 0.241 e. The van der Waals surface area contributed by atoms with Crippen molar-refractivity contribution in [2.75, 3.05) is 17.1 Å². The number of nitrogens with zero attached hydrogens (tertiary/aromatic N) is 2. The number of aromatic nitrogens is 1. The maximum atomic E-state index is 12.4. The predicted molar refractivity (Wildman–Crippen MR) is 103 cm³/mol.